The number of aromatic nitrogens is 1. The van der Waals surface area contributed by atoms with Crippen molar-refractivity contribution in [3.63, 3.8) is 0 Å². The number of ketones is 1. The van der Waals surface area contributed by atoms with Crippen molar-refractivity contribution >= 4 is 22.7 Å². The van der Waals surface area contributed by atoms with Crippen molar-refractivity contribution in [3.8, 4) is 5.75 Å². The van der Waals surface area contributed by atoms with Gasteiger partial charge < -0.3 is 14.8 Å². The molecule has 1 aromatic heterocycles. The van der Waals surface area contributed by atoms with Gasteiger partial charge in [0, 0.05) is 35.4 Å². The fourth-order valence-corrected chi connectivity index (χ4v) is 5.37. The van der Waals surface area contributed by atoms with E-state index >= 15 is 0 Å². The number of carboxylic acid groups (broad SMARTS) is 1. The molecular formula is C26H24F3NO4. The summed E-state index contributed by atoms with van der Waals surface area (Å²) < 4.78 is 47.1. The topological polar surface area (TPSA) is 79.4 Å². The average molecular weight is 471 g/mol. The van der Waals surface area contributed by atoms with Crippen LogP contribution >= 0.6 is 0 Å². The number of H-pyrrole nitrogens is 1. The average Bonchev–Trinajstić information content (AvgIpc) is 3.47. The molecule has 5 nitrogen and oxygen atoms in total. The van der Waals surface area contributed by atoms with Gasteiger partial charge >= 0.3 is 12.1 Å². The quantitative estimate of drug-likeness (QED) is 0.455. The molecule has 8 heteroatoms. The number of carboxylic acids is 1. The Bertz CT molecular complexity index is 1280. The number of benzene rings is 2. The number of aromatic amines is 1. The molecule has 0 radical (unpaired) electrons. The number of aliphatic carboxylic acids is 1. The van der Waals surface area contributed by atoms with Crippen LogP contribution in [0, 0.1) is 0 Å². The van der Waals surface area contributed by atoms with E-state index in [1.165, 1.54) is 6.07 Å². The van der Waals surface area contributed by atoms with Crippen LogP contribution in [0.5, 0.6) is 5.75 Å². The van der Waals surface area contributed by atoms with Gasteiger partial charge in [-0.1, -0.05) is 12.1 Å². The van der Waals surface area contributed by atoms with Crippen LogP contribution in [0.2, 0.25) is 0 Å². The number of Topliss-reactive ketones (excluding diaryl/α,β-unsaturated/α-hetero) is 1. The molecule has 1 unspecified atom stereocenters. The van der Waals surface area contributed by atoms with Crippen LogP contribution in [0.1, 0.15) is 71.9 Å². The fourth-order valence-electron chi connectivity index (χ4n) is 5.37. The van der Waals surface area contributed by atoms with Gasteiger partial charge in [-0.3, -0.25) is 9.59 Å². The minimum atomic E-state index is -4.51. The van der Waals surface area contributed by atoms with Gasteiger partial charge in [-0.15, -0.1) is 0 Å². The number of ether oxygens (including phenoxy) is 1. The summed E-state index contributed by atoms with van der Waals surface area (Å²) in [5.41, 5.74) is 2.81. The highest BCUT2D eigenvalue weighted by Crippen LogP contribution is 2.42. The Morgan fingerprint density at radius 2 is 1.94 bits per heavy atom. The minimum Gasteiger partial charge on any atom is -0.489 e. The van der Waals surface area contributed by atoms with E-state index in [0.29, 0.717) is 24.2 Å². The smallest absolute Gasteiger partial charge is 0.416 e. The molecule has 2 aliphatic rings. The standard InChI is InChI=1S/C26H24F3NO4/c27-26(28,29)22-9-14(1-6-19(22)15-2-4-17(31)10-15)13-34-18-5-8-23-21(12-18)20-7-3-16(11-24(32)33)25(20)30-23/h1,5-6,8-9,12,15-16,30H,2-4,7,10-11,13H2,(H,32,33)/t15?,16-/m1/s1. The van der Waals surface area contributed by atoms with E-state index in [4.69, 9.17) is 9.84 Å². The molecule has 0 bridgehead atoms. The van der Waals surface area contributed by atoms with Crippen LogP contribution in [0.3, 0.4) is 0 Å². The van der Waals surface area contributed by atoms with Crippen LogP contribution < -0.4 is 4.74 Å². The monoisotopic (exact) mass is 471 g/mol. The zero-order valence-corrected chi connectivity index (χ0v) is 18.4. The van der Waals surface area contributed by atoms with Crippen LogP contribution in [0.25, 0.3) is 10.9 Å². The van der Waals surface area contributed by atoms with Crippen molar-refractivity contribution in [1.29, 1.82) is 0 Å². The van der Waals surface area contributed by atoms with Crippen LogP contribution in [-0.2, 0) is 28.8 Å². The summed E-state index contributed by atoms with van der Waals surface area (Å²) in [7, 11) is 0. The summed E-state index contributed by atoms with van der Waals surface area (Å²) in [4.78, 5) is 26.0. The predicted molar refractivity (Wildman–Crippen MR) is 119 cm³/mol. The molecule has 2 aliphatic carbocycles. The Balaban J connectivity index is 1.36. The fraction of sp³-hybridized carbons (Fsp3) is 0.385. The van der Waals surface area contributed by atoms with E-state index in [1.807, 2.05) is 12.1 Å². The molecule has 1 heterocycles. The number of carbonyl (C=O) groups is 2. The van der Waals surface area contributed by atoms with Crippen LogP contribution in [-0.4, -0.2) is 21.8 Å². The second kappa shape index (κ2) is 8.49. The van der Waals surface area contributed by atoms with E-state index < -0.39 is 17.7 Å². The van der Waals surface area contributed by atoms with Crippen molar-refractivity contribution in [1.82, 2.24) is 4.98 Å². The Morgan fingerprint density at radius 1 is 1.12 bits per heavy atom. The van der Waals surface area contributed by atoms with Gasteiger partial charge in [0.25, 0.3) is 0 Å². The summed E-state index contributed by atoms with van der Waals surface area (Å²) in [5, 5.41) is 10.1. The summed E-state index contributed by atoms with van der Waals surface area (Å²) in [6, 6.07) is 9.70. The van der Waals surface area contributed by atoms with E-state index in [-0.39, 0.29) is 42.6 Å². The van der Waals surface area contributed by atoms with Gasteiger partial charge in [0.1, 0.15) is 18.1 Å². The Labute approximate surface area is 193 Å². The lowest BCUT2D eigenvalue weighted by atomic mass is 9.91. The molecule has 0 spiro atoms. The van der Waals surface area contributed by atoms with Gasteiger partial charge in [-0.2, -0.15) is 13.2 Å². The van der Waals surface area contributed by atoms with Gasteiger partial charge in [0.2, 0.25) is 0 Å². The normalized spacial score (nSPS) is 20.1. The molecule has 0 saturated heterocycles. The third-order valence-electron chi connectivity index (χ3n) is 7.00. The maximum Gasteiger partial charge on any atom is 0.416 e. The van der Waals surface area contributed by atoms with E-state index in [9.17, 15) is 22.8 Å². The van der Waals surface area contributed by atoms with E-state index in [2.05, 4.69) is 4.98 Å². The largest absolute Gasteiger partial charge is 0.489 e. The third-order valence-corrected chi connectivity index (χ3v) is 7.00. The van der Waals surface area contributed by atoms with Gasteiger partial charge in [0.15, 0.2) is 0 Å². The van der Waals surface area contributed by atoms with Crippen molar-refractivity contribution in [2.45, 2.75) is 63.1 Å². The van der Waals surface area contributed by atoms with E-state index in [0.717, 1.165) is 41.1 Å². The zero-order valence-electron chi connectivity index (χ0n) is 18.4. The van der Waals surface area contributed by atoms with Crippen molar-refractivity contribution in [3.05, 3.63) is 64.3 Å². The van der Waals surface area contributed by atoms with Crippen molar-refractivity contribution in [2.75, 3.05) is 0 Å². The van der Waals surface area contributed by atoms with Crippen molar-refractivity contribution < 1.29 is 32.6 Å². The van der Waals surface area contributed by atoms with Crippen LogP contribution in [0.4, 0.5) is 13.2 Å². The lowest BCUT2D eigenvalue weighted by Gasteiger charge is -2.18. The summed E-state index contributed by atoms with van der Waals surface area (Å²) >= 11 is 0. The summed E-state index contributed by atoms with van der Waals surface area (Å²) in [6.07, 6.45) is -1.94. The van der Waals surface area contributed by atoms with Gasteiger partial charge in [-0.05, 0) is 66.1 Å². The first kappa shape index (κ1) is 22.5. The highest BCUT2D eigenvalue weighted by Gasteiger charge is 2.37. The van der Waals surface area contributed by atoms with E-state index in [1.54, 1.807) is 12.1 Å². The molecule has 5 rings (SSSR count). The number of hydrogen-bond donors (Lipinski definition) is 2. The lowest BCUT2D eigenvalue weighted by Crippen LogP contribution is -2.12. The number of rotatable bonds is 6. The minimum absolute atomic E-state index is 0.00597. The second-order valence-corrected chi connectivity index (χ2v) is 9.24. The molecule has 0 aliphatic heterocycles. The number of alkyl halides is 3. The molecule has 1 saturated carbocycles. The Hall–Kier alpha value is -3.29. The molecule has 178 valence electrons. The molecule has 2 N–H and O–H groups in total. The Kier molecular flexibility index (Phi) is 5.62. The highest BCUT2D eigenvalue weighted by atomic mass is 19.4. The number of nitrogens with one attached hydrogen (secondary N) is 1. The number of carbonyl (C=O) groups excluding carboxylic acids is 1. The van der Waals surface area contributed by atoms with Crippen LogP contribution in [0.15, 0.2) is 36.4 Å². The highest BCUT2D eigenvalue weighted by molar-refractivity contribution is 5.87. The molecule has 2 atom stereocenters. The molecule has 1 fully saturated rings. The zero-order chi connectivity index (χ0) is 24.0. The first-order valence-corrected chi connectivity index (χ1v) is 11.4. The second-order valence-electron chi connectivity index (χ2n) is 9.24. The molecular weight excluding hydrogens is 447 g/mol. The lowest BCUT2D eigenvalue weighted by molar-refractivity contribution is -0.139. The SMILES string of the molecule is O=C(O)C[C@H]1CCc2c1[nH]c1ccc(OCc3ccc(C4CCC(=O)C4)c(C(F)(F)F)c3)cc21. The Morgan fingerprint density at radius 3 is 2.65 bits per heavy atom. The first-order valence-electron chi connectivity index (χ1n) is 11.4. The maximum atomic E-state index is 13.8. The summed E-state index contributed by atoms with van der Waals surface area (Å²) in [6.45, 7) is -0.0211. The number of fused-ring (bicyclic) bond motifs is 3. The summed E-state index contributed by atoms with van der Waals surface area (Å²) in [5.74, 6) is -0.716. The third kappa shape index (κ3) is 4.29. The molecule has 2 aromatic carbocycles. The predicted octanol–water partition coefficient (Wildman–Crippen LogP) is 6.11. The molecule has 3 aromatic rings. The number of halogens is 3. The first-order chi connectivity index (χ1) is 16.2. The molecule has 34 heavy (non-hydrogen) atoms. The van der Waals surface area contributed by atoms with Crippen molar-refractivity contribution in [2.24, 2.45) is 0 Å². The van der Waals surface area contributed by atoms with Gasteiger partial charge in [-0.25, -0.2) is 0 Å². The number of hydrogen-bond acceptors (Lipinski definition) is 3. The van der Waals surface area contributed by atoms with Gasteiger partial charge in [0.05, 0.1) is 12.0 Å². The maximum absolute atomic E-state index is 13.8. The number of aryl methyl sites for hydroxylation is 1. The molecule has 0 amide bonds.